The van der Waals surface area contributed by atoms with Crippen molar-refractivity contribution in [1.29, 1.82) is 0 Å². The maximum absolute atomic E-state index is 13.0. The molecule has 2 rings (SSSR count). The highest BCUT2D eigenvalue weighted by molar-refractivity contribution is 5.69. The smallest absolute Gasteiger partial charge is 0.306 e. The van der Waals surface area contributed by atoms with Crippen LogP contribution in [0.15, 0.2) is 97.2 Å². The largest absolute Gasteiger partial charge is 0.457 e. The Labute approximate surface area is 388 Å². The Kier molecular flexibility index (Phi) is 33.9. The summed E-state index contributed by atoms with van der Waals surface area (Å²) in [6, 6.07) is 0. The van der Waals surface area contributed by atoms with E-state index in [1.807, 2.05) is 6.08 Å². The highest BCUT2D eigenvalue weighted by Gasteiger charge is 2.47. The molecule has 0 aromatic heterocycles. The van der Waals surface area contributed by atoms with Gasteiger partial charge in [-0.05, 0) is 77.0 Å². The lowest BCUT2D eigenvalue weighted by Gasteiger charge is -2.42. The van der Waals surface area contributed by atoms with Gasteiger partial charge in [-0.15, -0.1) is 0 Å². The van der Waals surface area contributed by atoms with Crippen molar-refractivity contribution in [2.24, 2.45) is 0 Å². The molecule has 2 aliphatic rings. The Morgan fingerprint density at radius 3 is 1.49 bits per heavy atom. The van der Waals surface area contributed by atoms with E-state index in [1.165, 1.54) is 0 Å². The van der Waals surface area contributed by atoms with Gasteiger partial charge in [0.1, 0.15) is 54.9 Å². The molecule has 2 heterocycles. The number of aliphatic hydroxyl groups excluding tert-OH is 7. The van der Waals surface area contributed by atoms with Gasteiger partial charge in [-0.1, -0.05) is 130 Å². The van der Waals surface area contributed by atoms with Crippen LogP contribution in [-0.2, 0) is 33.2 Å². The number of unbranched alkanes of at least 4 members (excludes halogenated alkanes) is 5. The van der Waals surface area contributed by atoms with Gasteiger partial charge in [-0.25, -0.2) is 0 Å². The second kappa shape index (κ2) is 37.9. The van der Waals surface area contributed by atoms with Gasteiger partial charge in [0, 0.05) is 6.42 Å². The van der Waals surface area contributed by atoms with E-state index in [0.29, 0.717) is 19.4 Å². The molecule has 0 saturated carbocycles. The molecule has 0 spiro atoms. The molecular formula is C51H82O14. The summed E-state index contributed by atoms with van der Waals surface area (Å²) in [5.41, 5.74) is 0. The predicted octanol–water partition coefficient (Wildman–Crippen LogP) is 6.29. The zero-order chi connectivity index (χ0) is 47.3. The number of aliphatic hydroxyl groups is 7. The second-order valence-corrected chi connectivity index (χ2v) is 16.2. The first kappa shape index (κ1) is 58.0. The van der Waals surface area contributed by atoms with E-state index >= 15 is 0 Å². The van der Waals surface area contributed by atoms with Crippen molar-refractivity contribution < 1.29 is 69.0 Å². The lowest BCUT2D eigenvalue weighted by atomic mass is 9.98. The Morgan fingerprint density at radius 1 is 0.508 bits per heavy atom. The van der Waals surface area contributed by atoms with E-state index < -0.39 is 86.7 Å². The molecule has 0 aromatic carbocycles. The summed E-state index contributed by atoms with van der Waals surface area (Å²) in [4.78, 5) is 13.0. The lowest BCUT2D eigenvalue weighted by molar-refractivity contribution is -0.332. The van der Waals surface area contributed by atoms with E-state index in [1.54, 1.807) is 0 Å². The number of ether oxygens (including phenoxy) is 6. The summed E-state index contributed by atoms with van der Waals surface area (Å²) in [6.07, 6.45) is 32.1. The van der Waals surface area contributed by atoms with Crippen LogP contribution in [0.2, 0.25) is 0 Å². The monoisotopic (exact) mass is 919 g/mol. The number of esters is 1. The van der Waals surface area contributed by atoms with Crippen LogP contribution in [0, 0.1) is 0 Å². The molecule has 0 bridgehead atoms. The third-order valence-corrected chi connectivity index (χ3v) is 10.6. The number of carbonyl (C=O) groups is 1. The summed E-state index contributed by atoms with van der Waals surface area (Å²) in [5, 5.41) is 72.0. The van der Waals surface area contributed by atoms with Crippen LogP contribution in [0.3, 0.4) is 0 Å². The van der Waals surface area contributed by atoms with E-state index in [-0.39, 0.29) is 19.6 Å². The fourth-order valence-electron chi connectivity index (χ4n) is 6.77. The van der Waals surface area contributed by atoms with Gasteiger partial charge in [-0.3, -0.25) is 4.79 Å². The van der Waals surface area contributed by atoms with Crippen molar-refractivity contribution in [1.82, 2.24) is 0 Å². The zero-order valence-electron chi connectivity index (χ0n) is 38.9. The molecule has 0 aromatic rings. The van der Waals surface area contributed by atoms with Crippen molar-refractivity contribution >= 4 is 5.97 Å². The third-order valence-electron chi connectivity index (χ3n) is 10.6. The first-order chi connectivity index (χ1) is 31.6. The maximum atomic E-state index is 13.0. The molecule has 2 aliphatic heterocycles. The van der Waals surface area contributed by atoms with Gasteiger partial charge in [0.05, 0.1) is 33.0 Å². The van der Waals surface area contributed by atoms with E-state index in [0.717, 1.165) is 83.5 Å². The van der Waals surface area contributed by atoms with Crippen LogP contribution in [0.25, 0.3) is 0 Å². The third kappa shape index (κ3) is 26.1. The summed E-state index contributed by atoms with van der Waals surface area (Å²) < 4.78 is 34.0. The van der Waals surface area contributed by atoms with E-state index in [2.05, 4.69) is 105 Å². The molecule has 11 atom stereocenters. The highest BCUT2D eigenvalue weighted by atomic mass is 16.7. The minimum absolute atomic E-state index is 0.00664. The number of hydrogen-bond acceptors (Lipinski definition) is 14. The Balaban J connectivity index is 1.85. The molecular weight excluding hydrogens is 837 g/mol. The van der Waals surface area contributed by atoms with Crippen LogP contribution in [0.5, 0.6) is 0 Å². The Hall–Kier alpha value is -3.09. The van der Waals surface area contributed by atoms with Gasteiger partial charge in [-0.2, -0.15) is 0 Å². The normalized spacial score (nSPS) is 27.4. The van der Waals surface area contributed by atoms with Gasteiger partial charge in [0.25, 0.3) is 0 Å². The van der Waals surface area contributed by atoms with Gasteiger partial charge in [0.2, 0.25) is 0 Å². The van der Waals surface area contributed by atoms with Crippen LogP contribution < -0.4 is 0 Å². The standard InChI is InChI=1S/C51H82O14/c1-3-5-7-9-11-13-15-17-19-21-23-25-27-29-31-33-35-60-37-40(63-43(53)34-32-30-28-26-24-22-20-18-16-14-12-10-8-6-4-2)38-61-50-49(59)47(57)45(55)42(65-50)39-62-51-48(58)46(56)44(54)41(36-52)64-51/h5-8,11-14,17-20,23,25,29,31,40-42,44-52,54-59H,3-4,9-10,15-16,21-22,24,26-28,30,32-39H2,1-2H3/b7-5-,8-6-,13-11-,14-12-,19-17-,20-18-,25-23-,31-29-. The highest BCUT2D eigenvalue weighted by Crippen LogP contribution is 2.26. The average Bonchev–Trinajstić information content (AvgIpc) is 3.30. The molecule has 2 saturated heterocycles. The fraction of sp³-hybridized carbons (Fsp3) is 0.667. The molecule has 65 heavy (non-hydrogen) atoms. The molecule has 2 fully saturated rings. The van der Waals surface area contributed by atoms with Crippen LogP contribution in [0.4, 0.5) is 0 Å². The topological polar surface area (TPSA) is 214 Å². The SMILES string of the molecule is CC/C=C\C/C=C\C/C=C\C/C=C\C/C=C\CCOCC(COC1OC(COC2OC(CO)C(O)C(O)C2O)C(O)C(O)C1O)OC(=O)CCCCCCC/C=C\C/C=C\C/C=C\CC. The van der Waals surface area contributed by atoms with Gasteiger partial charge in [0.15, 0.2) is 12.6 Å². The van der Waals surface area contributed by atoms with Crippen molar-refractivity contribution in [2.75, 3.05) is 33.0 Å². The molecule has 14 nitrogen and oxygen atoms in total. The van der Waals surface area contributed by atoms with Crippen LogP contribution in [-0.4, -0.2) is 142 Å². The minimum atomic E-state index is -1.73. The predicted molar refractivity (Wildman–Crippen MR) is 251 cm³/mol. The molecule has 0 radical (unpaired) electrons. The van der Waals surface area contributed by atoms with Crippen molar-refractivity contribution in [3.05, 3.63) is 97.2 Å². The Bertz CT molecular complexity index is 1440. The van der Waals surface area contributed by atoms with E-state index in [4.69, 9.17) is 28.4 Å². The molecule has 0 amide bonds. The van der Waals surface area contributed by atoms with Gasteiger partial charge < -0.3 is 64.2 Å². The van der Waals surface area contributed by atoms with E-state index in [9.17, 15) is 40.5 Å². The zero-order valence-corrected chi connectivity index (χ0v) is 38.9. The molecule has 370 valence electrons. The first-order valence-corrected chi connectivity index (χ1v) is 23.8. The number of hydrogen-bond donors (Lipinski definition) is 7. The summed E-state index contributed by atoms with van der Waals surface area (Å²) >= 11 is 0. The van der Waals surface area contributed by atoms with Crippen molar-refractivity contribution in [3.8, 4) is 0 Å². The van der Waals surface area contributed by atoms with Crippen molar-refractivity contribution in [3.63, 3.8) is 0 Å². The molecule has 11 unspecified atom stereocenters. The summed E-state index contributed by atoms with van der Waals surface area (Å²) in [5.74, 6) is -0.424. The second-order valence-electron chi connectivity index (χ2n) is 16.2. The fourth-order valence-corrected chi connectivity index (χ4v) is 6.77. The minimum Gasteiger partial charge on any atom is -0.457 e. The maximum Gasteiger partial charge on any atom is 0.306 e. The van der Waals surface area contributed by atoms with Crippen LogP contribution >= 0.6 is 0 Å². The summed E-state index contributed by atoms with van der Waals surface area (Å²) in [6.45, 7) is 3.17. The average molecular weight is 919 g/mol. The lowest BCUT2D eigenvalue weighted by Crippen LogP contribution is -2.61. The van der Waals surface area contributed by atoms with Crippen LogP contribution in [0.1, 0.15) is 117 Å². The first-order valence-electron chi connectivity index (χ1n) is 23.8. The number of carbonyl (C=O) groups excluding carboxylic acids is 1. The number of allylic oxidation sites excluding steroid dienone is 15. The molecule has 7 N–H and O–H groups in total. The Morgan fingerprint density at radius 2 is 0.954 bits per heavy atom. The van der Waals surface area contributed by atoms with Gasteiger partial charge >= 0.3 is 5.97 Å². The molecule has 14 heteroatoms. The number of rotatable bonds is 35. The summed E-state index contributed by atoms with van der Waals surface area (Å²) in [7, 11) is 0. The quantitative estimate of drug-likeness (QED) is 0.0212. The molecule has 0 aliphatic carbocycles. The van der Waals surface area contributed by atoms with Crippen molar-refractivity contribution in [2.45, 2.75) is 184 Å².